The Balaban J connectivity index is 2.12. The summed E-state index contributed by atoms with van der Waals surface area (Å²) in [6, 6.07) is -0.226. The van der Waals surface area contributed by atoms with Gasteiger partial charge in [0.05, 0.1) is 12.6 Å². The average molecular weight is 254 g/mol. The summed E-state index contributed by atoms with van der Waals surface area (Å²) in [7, 11) is 0. The van der Waals surface area contributed by atoms with E-state index < -0.39 is 18.1 Å². The zero-order valence-electron chi connectivity index (χ0n) is 10.7. The van der Waals surface area contributed by atoms with Gasteiger partial charge in [-0.1, -0.05) is 0 Å². The number of halogens is 1. The van der Waals surface area contributed by atoms with E-state index in [1.807, 2.05) is 10.8 Å². The second-order valence-electron chi connectivity index (χ2n) is 5.03. The lowest BCUT2D eigenvalue weighted by Gasteiger charge is -2.22. The van der Waals surface area contributed by atoms with Crippen molar-refractivity contribution in [1.82, 2.24) is 14.5 Å². The highest BCUT2D eigenvalue weighted by Crippen LogP contribution is 2.22. The van der Waals surface area contributed by atoms with Crippen molar-refractivity contribution in [3.63, 3.8) is 0 Å². The lowest BCUT2D eigenvalue weighted by atomic mass is 10.2. The number of alkyl halides is 1. The van der Waals surface area contributed by atoms with Crippen molar-refractivity contribution in [2.45, 2.75) is 45.1 Å². The monoisotopic (exact) mass is 254 g/mol. The van der Waals surface area contributed by atoms with E-state index in [1.165, 1.54) is 0 Å². The van der Waals surface area contributed by atoms with Gasteiger partial charge in [-0.3, -0.25) is 9.69 Å². The number of nitrogens with two attached hydrogens (primary N) is 1. The highest BCUT2D eigenvalue weighted by Gasteiger charge is 2.36. The Bertz CT molecular complexity index is 431. The number of hydrogen-bond acceptors (Lipinski definition) is 3. The van der Waals surface area contributed by atoms with E-state index in [0.717, 1.165) is 5.82 Å². The minimum atomic E-state index is -0.982. The van der Waals surface area contributed by atoms with Crippen LogP contribution in [0.25, 0.3) is 0 Å². The molecule has 18 heavy (non-hydrogen) atoms. The highest BCUT2D eigenvalue weighted by atomic mass is 19.1. The maximum absolute atomic E-state index is 13.4. The molecule has 100 valence electrons. The Kier molecular flexibility index (Phi) is 3.65. The average Bonchev–Trinajstić information content (AvgIpc) is 2.85. The number of carbonyl (C=O) groups excluding carboxylic acids is 1. The van der Waals surface area contributed by atoms with Crippen LogP contribution in [-0.2, 0) is 11.3 Å². The normalized spacial score (nSPS) is 24.9. The maximum atomic E-state index is 13.4. The second kappa shape index (κ2) is 5.06. The second-order valence-corrected chi connectivity index (χ2v) is 5.03. The Morgan fingerprint density at radius 1 is 1.67 bits per heavy atom. The van der Waals surface area contributed by atoms with E-state index >= 15 is 0 Å². The first-order chi connectivity index (χ1) is 8.49. The number of rotatable bonds is 4. The maximum Gasteiger partial charge on any atom is 0.234 e. The van der Waals surface area contributed by atoms with Gasteiger partial charge in [-0.25, -0.2) is 9.37 Å². The molecular weight excluding hydrogens is 235 g/mol. The smallest absolute Gasteiger partial charge is 0.234 e. The Hall–Kier alpha value is -1.43. The third-order valence-electron chi connectivity index (χ3n) is 3.33. The molecule has 0 aromatic carbocycles. The van der Waals surface area contributed by atoms with E-state index in [-0.39, 0.29) is 13.0 Å². The summed E-state index contributed by atoms with van der Waals surface area (Å²) >= 11 is 0. The lowest BCUT2D eigenvalue weighted by Crippen LogP contribution is -2.40. The fourth-order valence-corrected chi connectivity index (χ4v) is 2.44. The Labute approximate surface area is 106 Å². The van der Waals surface area contributed by atoms with Crippen molar-refractivity contribution in [3.8, 4) is 0 Å². The minimum Gasteiger partial charge on any atom is -0.368 e. The molecule has 0 unspecified atom stereocenters. The van der Waals surface area contributed by atoms with Crippen LogP contribution in [0.4, 0.5) is 4.39 Å². The van der Waals surface area contributed by atoms with Crippen LogP contribution in [0.5, 0.6) is 0 Å². The number of nitrogens with zero attached hydrogens (tertiary/aromatic N) is 3. The third-order valence-corrected chi connectivity index (χ3v) is 3.33. The van der Waals surface area contributed by atoms with Crippen LogP contribution in [0.15, 0.2) is 12.4 Å². The van der Waals surface area contributed by atoms with Crippen LogP contribution in [-0.4, -0.2) is 39.1 Å². The number of aromatic nitrogens is 2. The topological polar surface area (TPSA) is 64.2 Å². The summed E-state index contributed by atoms with van der Waals surface area (Å²) in [6.07, 6.45) is 2.82. The molecule has 1 aliphatic heterocycles. The van der Waals surface area contributed by atoms with Crippen LogP contribution in [0.2, 0.25) is 0 Å². The van der Waals surface area contributed by atoms with Crippen molar-refractivity contribution in [3.05, 3.63) is 18.2 Å². The van der Waals surface area contributed by atoms with Crippen LogP contribution in [0, 0.1) is 0 Å². The van der Waals surface area contributed by atoms with Crippen molar-refractivity contribution >= 4 is 5.91 Å². The van der Waals surface area contributed by atoms with Crippen LogP contribution in [0.1, 0.15) is 32.1 Å². The standard InChI is InChI=1S/C12H19FN4O/c1-8(2)17-4-3-15-11(17)7-16-6-9(13)5-10(16)12(14)18/h3-4,8-10H,5-7H2,1-2H3,(H2,14,18)/t9-,10+/m1/s1. The molecule has 1 aliphatic rings. The quantitative estimate of drug-likeness (QED) is 0.866. The van der Waals surface area contributed by atoms with Gasteiger partial charge in [-0.15, -0.1) is 0 Å². The number of primary amides is 1. The molecule has 0 radical (unpaired) electrons. The molecule has 1 fully saturated rings. The zero-order chi connectivity index (χ0) is 13.3. The number of hydrogen-bond donors (Lipinski definition) is 1. The number of likely N-dealkylation sites (tertiary alicyclic amines) is 1. The van der Waals surface area contributed by atoms with Crippen LogP contribution < -0.4 is 5.73 Å². The molecule has 2 heterocycles. The summed E-state index contributed by atoms with van der Waals surface area (Å²) in [5.41, 5.74) is 5.30. The molecule has 2 N–H and O–H groups in total. The number of carbonyl (C=O) groups is 1. The zero-order valence-corrected chi connectivity index (χ0v) is 10.7. The molecule has 6 heteroatoms. The molecule has 1 aromatic rings. The lowest BCUT2D eigenvalue weighted by molar-refractivity contribution is -0.122. The molecule has 2 atom stereocenters. The molecule has 5 nitrogen and oxygen atoms in total. The molecule has 0 aliphatic carbocycles. The highest BCUT2D eigenvalue weighted by molar-refractivity contribution is 5.80. The summed E-state index contributed by atoms with van der Waals surface area (Å²) in [4.78, 5) is 17.3. The van der Waals surface area contributed by atoms with Gasteiger partial charge in [-0.2, -0.15) is 0 Å². The molecule has 1 amide bonds. The van der Waals surface area contributed by atoms with E-state index in [9.17, 15) is 9.18 Å². The van der Waals surface area contributed by atoms with Gasteiger partial charge in [0.1, 0.15) is 12.0 Å². The molecule has 2 rings (SSSR count). The molecular formula is C12H19FN4O. The predicted octanol–water partition coefficient (Wildman–Crippen LogP) is 0.862. The minimum absolute atomic E-state index is 0.192. The fourth-order valence-electron chi connectivity index (χ4n) is 2.44. The first kappa shape index (κ1) is 13.0. The van der Waals surface area contributed by atoms with E-state index in [4.69, 9.17) is 5.73 Å². The van der Waals surface area contributed by atoms with Gasteiger partial charge < -0.3 is 10.3 Å². The largest absolute Gasteiger partial charge is 0.368 e. The van der Waals surface area contributed by atoms with Crippen LogP contribution in [0.3, 0.4) is 0 Å². The summed E-state index contributed by atoms with van der Waals surface area (Å²) < 4.78 is 15.4. The summed E-state index contributed by atoms with van der Waals surface area (Å²) in [5, 5.41) is 0. The molecule has 0 saturated carbocycles. The van der Waals surface area contributed by atoms with Crippen molar-refractivity contribution in [2.75, 3.05) is 6.54 Å². The third kappa shape index (κ3) is 2.53. The molecule has 0 bridgehead atoms. The summed E-state index contributed by atoms with van der Waals surface area (Å²) in [6.45, 7) is 4.81. The Morgan fingerprint density at radius 3 is 3.00 bits per heavy atom. The number of imidazole rings is 1. The SMILES string of the molecule is CC(C)n1ccnc1CN1C[C@H](F)C[C@H]1C(N)=O. The molecule has 1 aromatic heterocycles. The van der Waals surface area contributed by atoms with Gasteiger partial charge in [-0.05, 0) is 13.8 Å². The van der Waals surface area contributed by atoms with Crippen molar-refractivity contribution < 1.29 is 9.18 Å². The molecule has 1 saturated heterocycles. The predicted molar refractivity (Wildman–Crippen MR) is 65.5 cm³/mol. The van der Waals surface area contributed by atoms with Gasteiger partial charge in [0.25, 0.3) is 0 Å². The van der Waals surface area contributed by atoms with Gasteiger partial charge in [0.15, 0.2) is 0 Å². The van der Waals surface area contributed by atoms with Crippen LogP contribution >= 0.6 is 0 Å². The van der Waals surface area contributed by atoms with Gasteiger partial charge in [0, 0.05) is 31.4 Å². The van der Waals surface area contributed by atoms with E-state index in [0.29, 0.717) is 12.6 Å². The van der Waals surface area contributed by atoms with Gasteiger partial charge in [0.2, 0.25) is 5.91 Å². The molecule has 0 spiro atoms. The van der Waals surface area contributed by atoms with Crippen molar-refractivity contribution in [1.29, 1.82) is 0 Å². The van der Waals surface area contributed by atoms with E-state index in [2.05, 4.69) is 18.8 Å². The summed E-state index contributed by atoms with van der Waals surface area (Å²) in [5.74, 6) is 0.378. The van der Waals surface area contributed by atoms with E-state index in [1.54, 1.807) is 11.1 Å². The van der Waals surface area contributed by atoms with Crippen molar-refractivity contribution in [2.24, 2.45) is 5.73 Å². The number of amides is 1. The fraction of sp³-hybridized carbons (Fsp3) is 0.667. The Morgan fingerprint density at radius 2 is 2.39 bits per heavy atom. The first-order valence-electron chi connectivity index (χ1n) is 6.18. The first-order valence-corrected chi connectivity index (χ1v) is 6.18. The van der Waals surface area contributed by atoms with Gasteiger partial charge >= 0.3 is 0 Å².